The lowest BCUT2D eigenvalue weighted by molar-refractivity contribution is 0.563. The third-order valence-corrected chi connectivity index (χ3v) is 15.8. The van der Waals surface area contributed by atoms with Crippen LogP contribution < -0.4 is 4.90 Å². The second-order valence-corrected chi connectivity index (χ2v) is 20.0. The lowest BCUT2D eigenvalue weighted by Crippen LogP contribution is -2.40. The Morgan fingerprint density at radius 3 is 1.16 bits per heavy atom. The Morgan fingerprint density at radius 1 is 0.235 bits per heavy atom. The first-order chi connectivity index (χ1) is 33.2. The quantitative estimate of drug-likeness (QED) is 0.161. The molecule has 0 aliphatic heterocycles. The third-order valence-electron chi connectivity index (χ3n) is 15.8. The Labute approximate surface area is 400 Å². The summed E-state index contributed by atoms with van der Waals surface area (Å²) in [5.74, 6) is 0. The molecule has 0 amide bonds. The third kappa shape index (κ3) is 5.82. The molecule has 68 heavy (non-hydrogen) atoms. The number of anilines is 3. The van der Waals surface area contributed by atoms with Gasteiger partial charge in [-0.3, -0.25) is 0 Å². The summed E-state index contributed by atoms with van der Waals surface area (Å²) < 4.78 is 0. The number of hydrogen-bond acceptors (Lipinski definition) is 1. The van der Waals surface area contributed by atoms with Gasteiger partial charge in [-0.25, -0.2) is 0 Å². The van der Waals surface area contributed by atoms with E-state index in [1.165, 1.54) is 100 Å². The van der Waals surface area contributed by atoms with Crippen molar-refractivity contribution in [3.05, 3.63) is 281 Å². The first-order valence-corrected chi connectivity index (χ1v) is 24.1. The monoisotopic (exact) mass is 869 g/mol. The second kappa shape index (κ2) is 15.0. The molecule has 0 N–H and O–H groups in total. The summed E-state index contributed by atoms with van der Waals surface area (Å²) in [7, 11) is 0. The van der Waals surface area contributed by atoms with Crippen molar-refractivity contribution in [3.63, 3.8) is 0 Å². The van der Waals surface area contributed by atoms with E-state index < -0.39 is 5.41 Å². The van der Waals surface area contributed by atoms with E-state index in [-0.39, 0.29) is 10.8 Å². The van der Waals surface area contributed by atoms with Crippen molar-refractivity contribution in [1.82, 2.24) is 0 Å². The van der Waals surface area contributed by atoms with Gasteiger partial charge in [0.1, 0.15) is 0 Å². The zero-order chi connectivity index (χ0) is 45.8. The molecule has 0 bridgehead atoms. The van der Waals surface area contributed by atoms with Gasteiger partial charge in [-0.05, 0) is 143 Å². The standard InChI is InChI=1S/C67H51N/c1-65(2)57-20-10-8-18-53(57)55-40-34-49(42-63(55)65)48-32-37-51(38-33-48)68(50-35-30-47(31-36-50)46-28-26-45(27-29-46)44-16-6-5-7-17-44)52-39-41-56-54-19-9-11-21-58(54)67(64(56)43-52)61-24-14-12-22-59(61)66(3,4)60-23-13-15-25-62(60)67/h5-43H,1-4H3. The molecule has 10 aromatic rings. The van der Waals surface area contributed by atoms with Crippen LogP contribution in [0, 0.1) is 0 Å². The van der Waals surface area contributed by atoms with Gasteiger partial charge in [-0.2, -0.15) is 0 Å². The summed E-state index contributed by atoms with van der Waals surface area (Å²) in [6.45, 7) is 9.51. The van der Waals surface area contributed by atoms with Crippen molar-refractivity contribution in [2.45, 2.75) is 43.9 Å². The van der Waals surface area contributed by atoms with Gasteiger partial charge < -0.3 is 4.90 Å². The number of fused-ring (bicyclic) bond motifs is 12. The fraction of sp³-hybridized carbons (Fsp3) is 0.104. The van der Waals surface area contributed by atoms with E-state index in [1.54, 1.807) is 0 Å². The second-order valence-electron chi connectivity index (χ2n) is 20.0. The smallest absolute Gasteiger partial charge is 0.0720 e. The number of rotatable bonds is 6. The van der Waals surface area contributed by atoms with Crippen molar-refractivity contribution < 1.29 is 0 Å². The highest BCUT2D eigenvalue weighted by atomic mass is 15.1. The molecule has 0 heterocycles. The summed E-state index contributed by atoms with van der Waals surface area (Å²) >= 11 is 0. The summed E-state index contributed by atoms with van der Waals surface area (Å²) in [4.78, 5) is 2.45. The molecule has 1 spiro atoms. The highest BCUT2D eigenvalue weighted by Gasteiger charge is 2.53. The molecule has 0 atom stereocenters. The molecule has 324 valence electrons. The Hall–Kier alpha value is -8.00. The van der Waals surface area contributed by atoms with Gasteiger partial charge in [0, 0.05) is 27.9 Å². The average Bonchev–Trinajstić information content (AvgIpc) is 3.81. The molecule has 10 aromatic carbocycles. The molecule has 1 nitrogen and oxygen atoms in total. The van der Waals surface area contributed by atoms with Crippen LogP contribution in [-0.4, -0.2) is 0 Å². The molecule has 1 heteroatoms. The van der Waals surface area contributed by atoms with Gasteiger partial charge in [0.25, 0.3) is 0 Å². The predicted octanol–water partition coefficient (Wildman–Crippen LogP) is 17.5. The van der Waals surface area contributed by atoms with Crippen LogP contribution in [0.2, 0.25) is 0 Å². The van der Waals surface area contributed by atoms with Gasteiger partial charge in [0.05, 0.1) is 5.41 Å². The lowest BCUT2D eigenvalue weighted by Gasteiger charge is -2.46. The molecule has 0 fully saturated rings. The molecule has 13 rings (SSSR count). The summed E-state index contributed by atoms with van der Waals surface area (Å²) in [6.07, 6.45) is 0. The Bertz CT molecular complexity index is 3540. The average molecular weight is 870 g/mol. The van der Waals surface area contributed by atoms with Gasteiger partial charge >= 0.3 is 0 Å². The van der Waals surface area contributed by atoms with Crippen molar-refractivity contribution >= 4 is 17.1 Å². The van der Waals surface area contributed by atoms with E-state index in [0.29, 0.717) is 0 Å². The zero-order valence-corrected chi connectivity index (χ0v) is 39.0. The van der Waals surface area contributed by atoms with Crippen molar-refractivity contribution in [3.8, 4) is 55.6 Å². The maximum absolute atomic E-state index is 2.51. The Morgan fingerprint density at radius 2 is 0.588 bits per heavy atom. The predicted molar refractivity (Wildman–Crippen MR) is 284 cm³/mol. The molecular formula is C67H51N. The van der Waals surface area contributed by atoms with E-state index in [1.807, 2.05) is 0 Å². The van der Waals surface area contributed by atoms with Gasteiger partial charge in [0.2, 0.25) is 0 Å². The van der Waals surface area contributed by atoms with Gasteiger partial charge in [-0.15, -0.1) is 0 Å². The molecule has 0 saturated carbocycles. The number of nitrogens with zero attached hydrogens (tertiary/aromatic N) is 1. The van der Waals surface area contributed by atoms with Crippen molar-refractivity contribution in [2.24, 2.45) is 0 Å². The largest absolute Gasteiger partial charge is 0.310 e. The van der Waals surface area contributed by atoms with Crippen molar-refractivity contribution in [2.75, 3.05) is 4.90 Å². The molecule has 0 aromatic heterocycles. The van der Waals surface area contributed by atoms with E-state index in [9.17, 15) is 0 Å². The van der Waals surface area contributed by atoms with Crippen LogP contribution in [0.5, 0.6) is 0 Å². The van der Waals surface area contributed by atoms with Crippen LogP contribution in [0.15, 0.2) is 237 Å². The number of hydrogen-bond donors (Lipinski definition) is 0. The molecule has 0 saturated heterocycles. The fourth-order valence-electron chi connectivity index (χ4n) is 12.4. The molecule has 0 radical (unpaired) electrons. The van der Waals surface area contributed by atoms with E-state index in [0.717, 1.165) is 17.1 Å². The van der Waals surface area contributed by atoms with Crippen LogP contribution in [0.4, 0.5) is 17.1 Å². The van der Waals surface area contributed by atoms with Crippen LogP contribution in [0.1, 0.15) is 72.2 Å². The minimum Gasteiger partial charge on any atom is -0.310 e. The van der Waals surface area contributed by atoms with E-state index in [4.69, 9.17) is 0 Å². The minimum atomic E-state index is -0.489. The minimum absolute atomic E-state index is 0.0610. The molecule has 0 unspecified atom stereocenters. The normalized spacial score (nSPS) is 14.8. The van der Waals surface area contributed by atoms with Crippen LogP contribution in [0.25, 0.3) is 55.6 Å². The first-order valence-electron chi connectivity index (χ1n) is 24.1. The summed E-state index contributed by atoms with van der Waals surface area (Å²) in [6, 6.07) is 88.6. The zero-order valence-electron chi connectivity index (χ0n) is 39.0. The van der Waals surface area contributed by atoms with Gasteiger partial charge in [-0.1, -0.05) is 222 Å². The molecule has 3 aliphatic rings. The van der Waals surface area contributed by atoms with Crippen LogP contribution >= 0.6 is 0 Å². The molecule has 3 aliphatic carbocycles. The maximum atomic E-state index is 2.51. The molecular weight excluding hydrogens is 819 g/mol. The SMILES string of the molecule is CC1(C)c2ccccc2-c2ccc(-c3ccc(N(c4ccc(-c5ccc(-c6ccccc6)cc5)cc4)c4ccc5c(c4)C4(c6ccccc6-5)c5ccccc5C(C)(C)c5ccccc54)cc3)cc21. The van der Waals surface area contributed by atoms with Crippen LogP contribution in [0.3, 0.4) is 0 Å². The topological polar surface area (TPSA) is 3.24 Å². The van der Waals surface area contributed by atoms with E-state index in [2.05, 4.69) is 269 Å². The summed E-state index contributed by atoms with van der Waals surface area (Å²) in [5, 5.41) is 0. The Kier molecular flexibility index (Phi) is 8.89. The first kappa shape index (κ1) is 40.3. The van der Waals surface area contributed by atoms with Crippen molar-refractivity contribution in [1.29, 1.82) is 0 Å². The fourth-order valence-corrected chi connectivity index (χ4v) is 12.4. The highest BCUT2D eigenvalue weighted by Crippen LogP contribution is 2.63. The Balaban J connectivity index is 0.961. The summed E-state index contributed by atoms with van der Waals surface area (Å²) in [5.41, 5.74) is 26.1. The maximum Gasteiger partial charge on any atom is 0.0720 e. The highest BCUT2D eigenvalue weighted by molar-refractivity contribution is 5.92. The number of benzene rings is 10. The lowest BCUT2D eigenvalue weighted by atomic mass is 9.55. The van der Waals surface area contributed by atoms with Crippen LogP contribution in [-0.2, 0) is 16.2 Å². The van der Waals surface area contributed by atoms with E-state index >= 15 is 0 Å². The van der Waals surface area contributed by atoms with Gasteiger partial charge in [0.15, 0.2) is 0 Å².